The van der Waals surface area contributed by atoms with Gasteiger partial charge in [-0.3, -0.25) is 19.3 Å². The zero-order chi connectivity index (χ0) is 19.7. The summed E-state index contributed by atoms with van der Waals surface area (Å²) in [4.78, 5) is 43.4. The molecule has 7 heteroatoms. The summed E-state index contributed by atoms with van der Waals surface area (Å²) in [7, 11) is 1.58. The minimum Gasteiger partial charge on any atom is -0.497 e. The average molecular weight is 385 g/mol. The Bertz CT molecular complexity index is 749. The van der Waals surface area contributed by atoms with Gasteiger partial charge in [0.2, 0.25) is 11.8 Å². The molecule has 3 aliphatic rings. The smallest absolute Gasteiger partial charge is 0.251 e. The number of carbonyl (C=O) groups excluding carboxylic acids is 3. The molecule has 0 saturated carbocycles. The largest absolute Gasteiger partial charge is 0.497 e. The van der Waals surface area contributed by atoms with Crippen molar-refractivity contribution >= 4 is 23.4 Å². The first kappa shape index (κ1) is 18.9. The van der Waals surface area contributed by atoms with E-state index in [2.05, 4.69) is 4.90 Å². The van der Waals surface area contributed by atoms with Crippen LogP contribution < -0.4 is 9.64 Å². The molecule has 0 aromatic heterocycles. The van der Waals surface area contributed by atoms with Gasteiger partial charge in [0.25, 0.3) is 5.91 Å². The molecule has 1 aromatic rings. The zero-order valence-corrected chi connectivity index (χ0v) is 16.3. The van der Waals surface area contributed by atoms with Crippen molar-refractivity contribution in [1.82, 2.24) is 9.80 Å². The Morgan fingerprint density at radius 3 is 2.25 bits per heavy atom. The molecule has 0 unspecified atom stereocenters. The van der Waals surface area contributed by atoms with Crippen LogP contribution in [0.15, 0.2) is 24.3 Å². The summed E-state index contributed by atoms with van der Waals surface area (Å²) in [6.07, 6.45) is 3.93. The normalized spacial score (nSPS) is 24.2. The SMILES string of the molecule is COc1ccc(N2C(=O)C[C@@H](N3CCC(C(=O)N4CCCC4)CC3)C2=O)cc1. The number of hydrogen-bond acceptors (Lipinski definition) is 5. The van der Waals surface area contributed by atoms with Crippen LogP contribution in [0.4, 0.5) is 5.69 Å². The first-order valence-electron chi connectivity index (χ1n) is 10.1. The van der Waals surface area contributed by atoms with Crippen LogP contribution in [0.25, 0.3) is 0 Å². The van der Waals surface area contributed by atoms with Crippen molar-refractivity contribution in [3.05, 3.63) is 24.3 Å². The van der Waals surface area contributed by atoms with Gasteiger partial charge in [-0.2, -0.15) is 0 Å². The Kier molecular flexibility index (Phi) is 5.35. The molecule has 4 rings (SSSR count). The summed E-state index contributed by atoms with van der Waals surface area (Å²) in [5.41, 5.74) is 0.581. The topological polar surface area (TPSA) is 70.2 Å². The van der Waals surface area contributed by atoms with Crippen molar-refractivity contribution < 1.29 is 19.1 Å². The second-order valence-corrected chi connectivity index (χ2v) is 7.83. The van der Waals surface area contributed by atoms with Crippen LogP contribution in [0.3, 0.4) is 0 Å². The molecule has 0 bridgehead atoms. The number of amides is 3. The van der Waals surface area contributed by atoms with Crippen molar-refractivity contribution in [2.45, 2.75) is 38.1 Å². The highest BCUT2D eigenvalue weighted by Gasteiger charge is 2.44. The van der Waals surface area contributed by atoms with Crippen molar-refractivity contribution in [2.75, 3.05) is 38.2 Å². The quantitative estimate of drug-likeness (QED) is 0.738. The molecule has 0 N–H and O–H groups in total. The van der Waals surface area contributed by atoms with E-state index >= 15 is 0 Å². The van der Waals surface area contributed by atoms with Crippen LogP contribution in [0.1, 0.15) is 32.1 Å². The van der Waals surface area contributed by atoms with Crippen LogP contribution in [-0.4, -0.2) is 66.9 Å². The molecule has 0 aliphatic carbocycles. The molecule has 0 radical (unpaired) electrons. The maximum absolute atomic E-state index is 13.0. The van der Waals surface area contributed by atoms with Gasteiger partial charge >= 0.3 is 0 Å². The summed E-state index contributed by atoms with van der Waals surface area (Å²) in [6.45, 7) is 3.13. The summed E-state index contributed by atoms with van der Waals surface area (Å²) in [6, 6.07) is 6.55. The summed E-state index contributed by atoms with van der Waals surface area (Å²) < 4.78 is 5.14. The third kappa shape index (κ3) is 3.51. The monoisotopic (exact) mass is 385 g/mol. The van der Waals surface area contributed by atoms with Crippen LogP contribution in [0.2, 0.25) is 0 Å². The van der Waals surface area contributed by atoms with Gasteiger partial charge in [-0.15, -0.1) is 0 Å². The lowest BCUT2D eigenvalue weighted by atomic mass is 9.94. The Balaban J connectivity index is 1.38. The highest BCUT2D eigenvalue weighted by molar-refractivity contribution is 6.22. The van der Waals surface area contributed by atoms with Gasteiger partial charge in [-0.05, 0) is 63.0 Å². The number of imide groups is 1. The van der Waals surface area contributed by atoms with E-state index in [1.807, 2.05) is 4.90 Å². The van der Waals surface area contributed by atoms with E-state index in [1.54, 1.807) is 31.4 Å². The van der Waals surface area contributed by atoms with E-state index in [1.165, 1.54) is 4.90 Å². The molecule has 7 nitrogen and oxygen atoms in total. The molecule has 3 aliphatic heterocycles. The molecule has 28 heavy (non-hydrogen) atoms. The molecule has 1 atom stereocenters. The molecule has 1 aromatic carbocycles. The lowest BCUT2D eigenvalue weighted by Gasteiger charge is -2.35. The molecule has 3 amide bonds. The van der Waals surface area contributed by atoms with E-state index in [0.717, 1.165) is 38.8 Å². The van der Waals surface area contributed by atoms with E-state index in [0.29, 0.717) is 24.5 Å². The van der Waals surface area contributed by atoms with Gasteiger partial charge in [0.05, 0.1) is 25.3 Å². The molecule has 3 fully saturated rings. The van der Waals surface area contributed by atoms with E-state index in [9.17, 15) is 14.4 Å². The highest BCUT2D eigenvalue weighted by Crippen LogP contribution is 2.30. The number of nitrogens with zero attached hydrogens (tertiary/aromatic N) is 3. The second kappa shape index (κ2) is 7.91. The number of anilines is 1. The van der Waals surface area contributed by atoms with E-state index < -0.39 is 6.04 Å². The van der Waals surface area contributed by atoms with Gasteiger partial charge in [0.15, 0.2) is 0 Å². The Hall–Kier alpha value is -2.41. The first-order valence-corrected chi connectivity index (χ1v) is 10.1. The minimum atomic E-state index is -0.419. The third-order valence-electron chi connectivity index (χ3n) is 6.19. The van der Waals surface area contributed by atoms with Crippen molar-refractivity contribution in [3.8, 4) is 5.75 Å². The number of methoxy groups -OCH3 is 1. The molecule has 3 saturated heterocycles. The third-order valence-corrected chi connectivity index (χ3v) is 6.19. The highest BCUT2D eigenvalue weighted by atomic mass is 16.5. The fourth-order valence-corrected chi connectivity index (χ4v) is 4.56. The van der Waals surface area contributed by atoms with Crippen molar-refractivity contribution in [3.63, 3.8) is 0 Å². The summed E-state index contributed by atoms with van der Waals surface area (Å²) in [5.74, 6) is 0.670. The number of hydrogen-bond donors (Lipinski definition) is 0. The van der Waals surface area contributed by atoms with E-state index in [-0.39, 0.29) is 30.1 Å². The van der Waals surface area contributed by atoms with Crippen LogP contribution in [0.5, 0.6) is 5.75 Å². The van der Waals surface area contributed by atoms with Crippen molar-refractivity contribution in [1.29, 1.82) is 0 Å². The summed E-state index contributed by atoms with van der Waals surface area (Å²) in [5, 5.41) is 0. The molecule has 150 valence electrons. The number of piperidine rings is 1. The van der Waals surface area contributed by atoms with Crippen LogP contribution in [-0.2, 0) is 14.4 Å². The molecule has 3 heterocycles. The number of ether oxygens (including phenoxy) is 1. The number of likely N-dealkylation sites (tertiary alicyclic amines) is 2. The standard InChI is InChI=1S/C21H27N3O4/c1-28-17-6-4-16(5-7-17)24-19(25)14-18(21(24)27)22-12-8-15(9-13-22)20(26)23-10-2-3-11-23/h4-7,15,18H,2-3,8-14H2,1H3/t18-/m1/s1. The van der Waals surface area contributed by atoms with Gasteiger partial charge in [0.1, 0.15) is 5.75 Å². The fraction of sp³-hybridized carbons (Fsp3) is 0.571. The average Bonchev–Trinajstić information content (AvgIpc) is 3.36. The predicted molar refractivity (Wildman–Crippen MR) is 104 cm³/mol. The van der Waals surface area contributed by atoms with Gasteiger partial charge in [0, 0.05) is 19.0 Å². The van der Waals surface area contributed by atoms with Gasteiger partial charge < -0.3 is 9.64 Å². The van der Waals surface area contributed by atoms with Gasteiger partial charge in [-0.25, -0.2) is 4.90 Å². The Labute approximate surface area is 165 Å². The minimum absolute atomic E-state index is 0.0549. The zero-order valence-electron chi connectivity index (χ0n) is 16.3. The first-order chi connectivity index (χ1) is 13.6. The molecule has 0 spiro atoms. The van der Waals surface area contributed by atoms with Crippen molar-refractivity contribution in [2.24, 2.45) is 5.92 Å². The maximum atomic E-state index is 13.0. The Morgan fingerprint density at radius 1 is 1.00 bits per heavy atom. The van der Waals surface area contributed by atoms with E-state index in [4.69, 9.17) is 4.74 Å². The predicted octanol–water partition coefficient (Wildman–Crippen LogP) is 1.66. The lowest BCUT2D eigenvalue weighted by molar-refractivity contribution is -0.136. The molecular weight excluding hydrogens is 358 g/mol. The maximum Gasteiger partial charge on any atom is 0.251 e. The number of rotatable bonds is 4. The van der Waals surface area contributed by atoms with Crippen LogP contribution >= 0.6 is 0 Å². The number of carbonyl (C=O) groups is 3. The Morgan fingerprint density at radius 2 is 1.64 bits per heavy atom. The lowest BCUT2D eigenvalue weighted by Crippen LogP contribution is -2.48. The number of benzene rings is 1. The fourth-order valence-electron chi connectivity index (χ4n) is 4.56. The van der Waals surface area contributed by atoms with Gasteiger partial charge in [-0.1, -0.05) is 0 Å². The second-order valence-electron chi connectivity index (χ2n) is 7.83. The molecular formula is C21H27N3O4. The summed E-state index contributed by atoms with van der Waals surface area (Å²) >= 11 is 0. The van der Waals surface area contributed by atoms with Crippen LogP contribution in [0, 0.1) is 5.92 Å².